The Hall–Kier alpha value is -2.35. The van der Waals surface area contributed by atoms with E-state index < -0.39 is 0 Å². The first-order valence-corrected chi connectivity index (χ1v) is 8.80. The maximum atomic E-state index is 12.6. The van der Waals surface area contributed by atoms with Crippen LogP contribution in [0.25, 0.3) is 11.0 Å². The average molecular weight is 374 g/mol. The van der Waals surface area contributed by atoms with Gasteiger partial charge in [-0.2, -0.15) is 5.10 Å². The smallest absolute Gasteiger partial charge is 0.242 e. The molecule has 26 heavy (non-hydrogen) atoms. The molecule has 2 aromatic heterocycles. The van der Waals surface area contributed by atoms with E-state index in [1.54, 1.807) is 10.7 Å². The molecule has 2 unspecified atom stereocenters. The van der Waals surface area contributed by atoms with Gasteiger partial charge < -0.3 is 9.73 Å². The summed E-state index contributed by atoms with van der Waals surface area (Å²) in [6, 6.07) is 5.16. The first kappa shape index (κ1) is 17.1. The Morgan fingerprint density at radius 2 is 2.15 bits per heavy atom. The molecule has 2 atom stereocenters. The third kappa shape index (κ3) is 3.09. The second-order valence-corrected chi connectivity index (χ2v) is 7.10. The van der Waals surface area contributed by atoms with Gasteiger partial charge in [-0.3, -0.25) is 9.48 Å². The summed E-state index contributed by atoms with van der Waals surface area (Å²) in [5.41, 5.74) is 9.58. The lowest BCUT2D eigenvalue weighted by Crippen LogP contribution is -2.39. The molecule has 0 aliphatic carbocycles. The quantitative estimate of drug-likeness (QED) is 0.657. The van der Waals surface area contributed by atoms with Crippen LogP contribution in [0.3, 0.4) is 0 Å². The predicted octanol–water partition coefficient (Wildman–Crippen LogP) is 2.98. The molecule has 0 saturated carbocycles. The van der Waals surface area contributed by atoms with Gasteiger partial charge in [-0.05, 0) is 38.5 Å². The molecule has 1 aromatic carbocycles. The molecule has 1 saturated heterocycles. The van der Waals surface area contributed by atoms with E-state index in [9.17, 15) is 4.79 Å². The molecule has 3 N–H and O–H groups in total. The Labute approximate surface area is 155 Å². The van der Waals surface area contributed by atoms with Crippen molar-refractivity contribution in [2.24, 2.45) is 7.05 Å². The van der Waals surface area contributed by atoms with Crippen molar-refractivity contribution in [1.29, 1.82) is 0 Å². The fourth-order valence-electron chi connectivity index (χ4n) is 3.43. The Morgan fingerprint density at radius 1 is 1.35 bits per heavy atom. The highest BCUT2D eigenvalue weighted by Gasteiger charge is 2.31. The molecule has 1 amide bonds. The molecule has 8 heteroatoms. The third-order valence-corrected chi connectivity index (χ3v) is 4.89. The lowest BCUT2D eigenvalue weighted by molar-refractivity contribution is -0.117. The Kier molecular flexibility index (Phi) is 4.22. The molecule has 0 radical (unpaired) electrons. The van der Waals surface area contributed by atoms with Crippen molar-refractivity contribution >= 4 is 34.2 Å². The van der Waals surface area contributed by atoms with Gasteiger partial charge in [0.15, 0.2) is 5.58 Å². The first-order chi connectivity index (χ1) is 12.4. The second-order valence-electron chi connectivity index (χ2n) is 6.70. The van der Waals surface area contributed by atoms with Gasteiger partial charge in [-0.1, -0.05) is 11.6 Å². The molecule has 3 heterocycles. The highest BCUT2D eigenvalue weighted by atomic mass is 35.5. The normalized spacial score (nSPS) is 20.0. The fourth-order valence-corrected chi connectivity index (χ4v) is 3.70. The number of carbonyl (C=O) groups excluding carboxylic acids is 1. The number of fused-ring (bicyclic) bond motifs is 1. The molecule has 3 aromatic rings. The Morgan fingerprint density at radius 3 is 2.88 bits per heavy atom. The number of hydrogen-bond acceptors (Lipinski definition) is 5. The van der Waals surface area contributed by atoms with Crippen LogP contribution in [0, 0.1) is 13.8 Å². The molecule has 0 bridgehead atoms. The Bertz CT molecular complexity index is 993. The summed E-state index contributed by atoms with van der Waals surface area (Å²) in [5.74, 6) is 0.666. The van der Waals surface area contributed by atoms with E-state index in [2.05, 4.69) is 21.3 Å². The number of hydrazine groups is 1. The lowest BCUT2D eigenvalue weighted by atomic mass is 10.0. The number of hydrogen-bond donors (Lipinski definition) is 3. The van der Waals surface area contributed by atoms with Crippen molar-refractivity contribution in [3.8, 4) is 0 Å². The van der Waals surface area contributed by atoms with E-state index in [4.69, 9.17) is 16.0 Å². The molecular weight excluding hydrogens is 354 g/mol. The van der Waals surface area contributed by atoms with Gasteiger partial charge in [0, 0.05) is 29.9 Å². The van der Waals surface area contributed by atoms with Gasteiger partial charge in [-0.25, -0.2) is 10.9 Å². The van der Waals surface area contributed by atoms with Crippen molar-refractivity contribution in [3.63, 3.8) is 0 Å². The van der Waals surface area contributed by atoms with E-state index >= 15 is 0 Å². The average Bonchev–Trinajstić information content (AvgIpc) is 3.25. The third-order valence-electron chi connectivity index (χ3n) is 4.61. The molecule has 0 spiro atoms. The molecular formula is C18H20ClN5O2. The van der Waals surface area contributed by atoms with E-state index in [1.165, 1.54) is 0 Å². The minimum absolute atomic E-state index is 0.0436. The number of aryl methyl sites for hydroxylation is 3. The number of nitrogens with one attached hydrogen (secondary N) is 3. The zero-order valence-corrected chi connectivity index (χ0v) is 15.5. The standard InChI is InChI=1S/C18H20ClN5O2/c1-9-4-11-5-12(6-14(19)17(11)26-9)20-18(25)16-7-15(21-22-16)13-8-24(3)23-10(13)2/h4-6,8,15-16,21-22H,7H2,1-3H3,(H,20,25). The van der Waals surface area contributed by atoms with Crippen LogP contribution in [-0.4, -0.2) is 21.7 Å². The molecule has 136 valence electrons. The largest absolute Gasteiger partial charge is 0.460 e. The SMILES string of the molecule is Cc1cc2cc(NC(=O)C3CC(c4cn(C)nc4C)NN3)cc(Cl)c2o1. The number of carbonyl (C=O) groups is 1. The van der Waals surface area contributed by atoms with Crippen molar-refractivity contribution in [1.82, 2.24) is 20.6 Å². The van der Waals surface area contributed by atoms with Crippen molar-refractivity contribution in [3.05, 3.63) is 46.4 Å². The minimum Gasteiger partial charge on any atom is -0.460 e. The zero-order valence-electron chi connectivity index (χ0n) is 14.8. The number of amides is 1. The zero-order chi connectivity index (χ0) is 18.4. The summed E-state index contributed by atoms with van der Waals surface area (Å²) < 4.78 is 7.34. The van der Waals surface area contributed by atoms with Crippen LogP contribution in [0.5, 0.6) is 0 Å². The van der Waals surface area contributed by atoms with E-state index in [0.29, 0.717) is 22.7 Å². The van der Waals surface area contributed by atoms with Gasteiger partial charge in [-0.15, -0.1) is 0 Å². The number of nitrogens with zero attached hydrogens (tertiary/aromatic N) is 2. The lowest BCUT2D eigenvalue weighted by Gasteiger charge is -2.11. The van der Waals surface area contributed by atoms with Crippen LogP contribution in [0.2, 0.25) is 5.02 Å². The topological polar surface area (TPSA) is 84.1 Å². The minimum atomic E-state index is -0.347. The van der Waals surface area contributed by atoms with E-state index in [0.717, 1.165) is 22.4 Å². The molecule has 1 aliphatic heterocycles. The molecule has 4 rings (SSSR count). The predicted molar refractivity (Wildman–Crippen MR) is 100.0 cm³/mol. The van der Waals surface area contributed by atoms with Crippen molar-refractivity contribution in [2.75, 3.05) is 5.32 Å². The highest BCUT2D eigenvalue weighted by molar-refractivity contribution is 6.35. The van der Waals surface area contributed by atoms with Crippen LogP contribution >= 0.6 is 11.6 Å². The summed E-state index contributed by atoms with van der Waals surface area (Å²) in [4.78, 5) is 12.6. The number of benzene rings is 1. The summed E-state index contributed by atoms with van der Waals surface area (Å²) in [6.07, 6.45) is 2.61. The first-order valence-electron chi connectivity index (χ1n) is 8.42. The van der Waals surface area contributed by atoms with Gasteiger partial charge in [0.25, 0.3) is 0 Å². The fraction of sp³-hybridized carbons (Fsp3) is 0.333. The number of furan rings is 1. The van der Waals surface area contributed by atoms with E-state index in [-0.39, 0.29) is 18.0 Å². The second kappa shape index (κ2) is 6.42. The summed E-state index contributed by atoms with van der Waals surface area (Å²) in [6.45, 7) is 3.83. The van der Waals surface area contributed by atoms with Crippen LogP contribution < -0.4 is 16.2 Å². The molecule has 1 fully saturated rings. The number of halogens is 1. The highest BCUT2D eigenvalue weighted by Crippen LogP contribution is 2.31. The Balaban J connectivity index is 1.48. The summed E-state index contributed by atoms with van der Waals surface area (Å²) in [5, 5.41) is 8.63. The van der Waals surface area contributed by atoms with Gasteiger partial charge >= 0.3 is 0 Å². The van der Waals surface area contributed by atoms with Crippen molar-refractivity contribution < 1.29 is 9.21 Å². The maximum absolute atomic E-state index is 12.6. The monoisotopic (exact) mass is 373 g/mol. The number of rotatable bonds is 3. The van der Waals surface area contributed by atoms with Gasteiger partial charge in [0.05, 0.1) is 16.8 Å². The van der Waals surface area contributed by atoms with Gasteiger partial charge in [0.2, 0.25) is 5.91 Å². The van der Waals surface area contributed by atoms with Crippen molar-refractivity contribution in [2.45, 2.75) is 32.4 Å². The van der Waals surface area contributed by atoms with Gasteiger partial charge in [0.1, 0.15) is 11.8 Å². The summed E-state index contributed by atoms with van der Waals surface area (Å²) in [7, 11) is 1.89. The van der Waals surface area contributed by atoms with Crippen LogP contribution in [-0.2, 0) is 11.8 Å². The summed E-state index contributed by atoms with van der Waals surface area (Å²) >= 11 is 6.26. The number of aromatic nitrogens is 2. The maximum Gasteiger partial charge on any atom is 0.242 e. The van der Waals surface area contributed by atoms with Crippen LogP contribution in [0.15, 0.2) is 28.8 Å². The number of anilines is 1. The van der Waals surface area contributed by atoms with E-state index in [1.807, 2.05) is 39.2 Å². The molecule has 1 aliphatic rings. The van der Waals surface area contributed by atoms with Crippen LogP contribution in [0.1, 0.15) is 29.5 Å². The van der Waals surface area contributed by atoms with Crippen LogP contribution in [0.4, 0.5) is 5.69 Å². The molecule has 7 nitrogen and oxygen atoms in total.